The zero-order chi connectivity index (χ0) is 27.8. The van der Waals surface area contributed by atoms with Crippen LogP contribution in [0.15, 0.2) is 48.5 Å². The zero-order valence-electron chi connectivity index (χ0n) is 22.1. The highest BCUT2D eigenvalue weighted by Gasteiger charge is 2.30. The number of carboxylic acid groups (broad SMARTS) is 1. The molecule has 0 unspecified atom stereocenters. The second-order valence-corrected chi connectivity index (χ2v) is 9.38. The summed E-state index contributed by atoms with van der Waals surface area (Å²) in [4.78, 5) is 28.8. The monoisotopic (exact) mass is 536 g/mol. The molecule has 0 bridgehead atoms. The van der Waals surface area contributed by atoms with Crippen LogP contribution in [0.3, 0.4) is 0 Å². The van der Waals surface area contributed by atoms with Crippen LogP contribution in [-0.2, 0) is 22.4 Å². The number of carboxylic acids is 1. The predicted octanol–water partition coefficient (Wildman–Crippen LogP) is 7.38. The van der Waals surface area contributed by atoms with Gasteiger partial charge in [0.1, 0.15) is 0 Å². The maximum Gasteiger partial charge on any atom is 0.416 e. The maximum absolute atomic E-state index is 12.8. The first-order valence-electron chi connectivity index (χ1n) is 13.4. The molecular weight excluding hydrogens is 497 g/mol. The van der Waals surface area contributed by atoms with Gasteiger partial charge >= 0.3 is 12.1 Å². The van der Waals surface area contributed by atoms with Crippen molar-refractivity contribution in [2.45, 2.75) is 83.9 Å². The summed E-state index contributed by atoms with van der Waals surface area (Å²) >= 11 is 0. The molecule has 9 heteroatoms. The quantitative estimate of drug-likeness (QED) is 0.154. The molecule has 210 valence electrons. The Morgan fingerprint density at radius 2 is 1.39 bits per heavy atom. The molecule has 0 atom stereocenters. The molecule has 0 radical (unpaired) electrons. The van der Waals surface area contributed by atoms with Crippen molar-refractivity contribution in [2.75, 3.05) is 18.2 Å². The van der Waals surface area contributed by atoms with E-state index in [1.54, 1.807) is 24.3 Å². The van der Waals surface area contributed by atoms with Crippen LogP contribution in [0.4, 0.5) is 18.9 Å². The van der Waals surface area contributed by atoms with Crippen LogP contribution in [0.25, 0.3) is 0 Å². The van der Waals surface area contributed by atoms with Gasteiger partial charge in [-0.1, -0.05) is 76.8 Å². The first kappa shape index (κ1) is 31.1. The van der Waals surface area contributed by atoms with Gasteiger partial charge in [0.25, 0.3) is 5.91 Å². The molecule has 2 N–H and O–H groups in total. The summed E-state index contributed by atoms with van der Waals surface area (Å²) in [7, 11) is 0. The summed E-state index contributed by atoms with van der Waals surface area (Å²) in [5.41, 5.74) is 0.653. The van der Waals surface area contributed by atoms with Gasteiger partial charge in [-0.15, -0.1) is 0 Å². The van der Waals surface area contributed by atoms with E-state index in [2.05, 4.69) is 12.2 Å². The van der Waals surface area contributed by atoms with Crippen LogP contribution in [0.1, 0.15) is 92.6 Å². The number of nitrogens with zero attached hydrogens (tertiary/aromatic N) is 1. The van der Waals surface area contributed by atoms with Crippen molar-refractivity contribution in [3.05, 3.63) is 65.2 Å². The van der Waals surface area contributed by atoms with E-state index in [-0.39, 0.29) is 12.5 Å². The minimum Gasteiger partial charge on any atom is -0.479 e. The van der Waals surface area contributed by atoms with Crippen LogP contribution in [0, 0.1) is 0 Å². The molecule has 38 heavy (non-hydrogen) atoms. The number of carbonyl (C=O) groups excluding carboxylic acids is 1. The van der Waals surface area contributed by atoms with Gasteiger partial charge < -0.3 is 10.4 Å². The minimum atomic E-state index is -4.44. The molecule has 0 saturated carbocycles. The molecule has 0 aliphatic carbocycles. The van der Waals surface area contributed by atoms with E-state index in [0.29, 0.717) is 23.4 Å². The highest BCUT2D eigenvalue weighted by molar-refractivity contribution is 5.94. The predicted molar refractivity (Wildman–Crippen MR) is 142 cm³/mol. The number of rotatable bonds is 18. The van der Waals surface area contributed by atoms with Crippen LogP contribution >= 0.6 is 0 Å². The van der Waals surface area contributed by atoms with Gasteiger partial charge in [0, 0.05) is 12.1 Å². The summed E-state index contributed by atoms with van der Waals surface area (Å²) < 4.78 is 38.5. The number of alkyl halides is 3. The number of aliphatic carboxylic acids is 1. The highest BCUT2D eigenvalue weighted by Crippen LogP contribution is 2.29. The van der Waals surface area contributed by atoms with Crippen molar-refractivity contribution in [3.63, 3.8) is 0 Å². The van der Waals surface area contributed by atoms with E-state index >= 15 is 0 Å². The number of halogens is 3. The Morgan fingerprint density at radius 3 is 1.92 bits per heavy atom. The van der Waals surface area contributed by atoms with E-state index < -0.39 is 24.3 Å². The smallest absolute Gasteiger partial charge is 0.416 e. The van der Waals surface area contributed by atoms with Crippen LogP contribution in [-0.4, -0.2) is 30.1 Å². The van der Waals surface area contributed by atoms with Gasteiger partial charge in [-0.25, -0.2) is 9.86 Å². The number of nitrogens with one attached hydrogen (secondary N) is 1. The molecule has 6 nitrogen and oxygen atoms in total. The van der Waals surface area contributed by atoms with Crippen LogP contribution in [0.5, 0.6) is 0 Å². The lowest BCUT2D eigenvalue weighted by Crippen LogP contribution is -2.27. The number of carbonyl (C=O) groups is 2. The van der Waals surface area contributed by atoms with Gasteiger partial charge in [0.05, 0.1) is 17.8 Å². The van der Waals surface area contributed by atoms with Crippen molar-refractivity contribution in [1.82, 2.24) is 5.32 Å². The lowest BCUT2D eigenvalue weighted by Gasteiger charge is -2.23. The lowest BCUT2D eigenvalue weighted by molar-refractivity contribution is -0.143. The second-order valence-electron chi connectivity index (χ2n) is 9.38. The molecule has 1 amide bonds. The molecule has 0 heterocycles. The Kier molecular flexibility index (Phi) is 13.7. The summed E-state index contributed by atoms with van der Waals surface area (Å²) in [6.45, 7) is 2.22. The van der Waals surface area contributed by atoms with Gasteiger partial charge in [-0.3, -0.25) is 9.63 Å². The molecule has 0 aliphatic rings. The number of hydrogen-bond acceptors (Lipinski definition) is 4. The average molecular weight is 537 g/mol. The fourth-order valence-electron chi connectivity index (χ4n) is 4.01. The number of unbranched alkanes of at least 4 members (excludes halogenated alkanes) is 9. The van der Waals surface area contributed by atoms with Gasteiger partial charge in [-0.2, -0.15) is 13.2 Å². The van der Waals surface area contributed by atoms with Gasteiger partial charge in [0.2, 0.25) is 0 Å². The average Bonchev–Trinajstić information content (AvgIpc) is 2.89. The largest absolute Gasteiger partial charge is 0.479 e. The second kappa shape index (κ2) is 16.7. The Bertz CT molecular complexity index is 963. The summed E-state index contributed by atoms with van der Waals surface area (Å²) in [5.74, 6) is -1.39. The van der Waals surface area contributed by atoms with Crippen molar-refractivity contribution in [1.29, 1.82) is 0 Å². The van der Waals surface area contributed by atoms with E-state index in [0.717, 1.165) is 25.0 Å². The molecule has 0 aromatic heterocycles. The fourth-order valence-corrected chi connectivity index (χ4v) is 4.01. The first-order chi connectivity index (χ1) is 18.2. The summed E-state index contributed by atoms with van der Waals surface area (Å²) in [6.07, 6.45) is 7.77. The van der Waals surface area contributed by atoms with Gasteiger partial charge in [-0.05, 0) is 48.4 Å². The van der Waals surface area contributed by atoms with Crippen LogP contribution < -0.4 is 10.4 Å². The Hall–Kier alpha value is -3.07. The van der Waals surface area contributed by atoms with Crippen molar-refractivity contribution in [3.8, 4) is 0 Å². The van der Waals surface area contributed by atoms with E-state index in [1.165, 1.54) is 68.6 Å². The number of anilines is 1. The van der Waals surface area contributed by atoms with Crippen molar-refractivity contribution >= 4 is 17.6 Å². The third-order valence-corrected chi connectivity index (χ3v) is 6.18. The zero-order valence-corrected chi connectivity index (χ0v) is 22.1. The Labute approximate surface area is 223 Å². The molecule has 2 aromatic carbocycles. The molecular formula is C29H39F3N2O4. The number of hydrogen-bond donors (Lipinski definition) is 2. The van der Waals surface area contributed by atoms with E-state index in [4.69, 9.17) is 9.94 Å². The van der Waals surface area contributed by atoms with Gasteiger partial charge in [0.15, 0.2) is 6.61 Å². The summed E-state index contributed by atoms with van der Waals surface area (Å²) in [6, 6.07) is 11.0. The number of benzene rings is 2. The summed E-state index contributed by atoms with van der Waals surface area (Å²) in [5, 5.41) is 13.2. The maximum atomic E-state index is 12.8. The first-order valence-corrected chi connectivity index (χ1v) is 13.4. The molecule has 2 rings (SSSR count). The number of hydroxylamine groups is 1. The molecule has 2 aromatic rings. The SMILES string of the molecule is CCCCCCCCCCCCNC(=O)c1ccc(N(Cc2ccc(C(F)(F)F)cc2)OCC(=O)O)cc1. The van der Waals surface area contributed by atoms with E-state index in [9.17, 15) is 22.8 Å². The third-order valence-electron chi connectivity index (χ3n) is 6.18. The minimum absolute atomic E-state index is 0.0235. The Morgan fingerprint density at radius 1 is 0.842 bits per heavy atom. The van der Waals surface area contributed by atoms with Crippen LogP contribution in [0.2, 0.25) is 0 Å². The molecule has 0 spiro atoms. The van der Waals surface area contributed by atoms with Crippen molar-refractivity contribution in [2.24, 2.45) is 0 Å². The fraction of sp³-hybridized carbons (Fsp3) is 0.517. The van der Waals surface area contributed by atoms with E-state index in [1.807, 2.05) is 0 Å². The lowest BCUT2D eigenvalue weighted by atomic mass is 10.1. The highest BCUT2D eigenvalue weighted by atomic mass is 19.4. The van der Waals surface area contributed by atoms with Crippen molar-refractivity contribution < 1.29 is 32.7 Å². The normalized spacial score (nSPS) is 11.4. The third kappa shape index (κ3) is 12.0. The standard InChI is InChI=1S/C29H39F3N2O4/c1-2-3-4-5-6-7-8-9-10-11-20-33-28(37)24-14-18-26(19-15-24)34(38-22-27(35)36)21-23-12-16-25(17-13-23)29(30,31)32/h12-19H,2-11,20-22H2,1H3,(H,33,37)(H,35,36). The number of amides is 1. The topological polar surface area (TPSA) is 78.9 Å². The molecule has 0 saturated heterocycles. The molecule has 0 aliphatic heterocycles. The Balaban J connectivity index is 1.82. The molecule has 0 fully saturated rings.